The first-order valence-electron chi connectivity index (χ1n) is 8.99. The molecule has 0 aliphatic carbocycles. The molecule has 2 saturated heterocycles. The maximum atomic E-state index is 13.6. The smallest absolute Gasteiger partial charge is 0.325 e. The Labute approximate surface area is 156 Å². The molecule has 0 radical (unpaired) electrons. The molecular formula is C19H23F2N3O3. The zero-order valence-corrected chi connectivity index (χ0v) is 15.6. The van der Waals surface area contributed by atoms with Gasteiger partial charge in [0.1, 0.15) is 12.1 Å². The number of amides is 4. The van der Waals surface area contributed by atoms with Crippen molar-refractivity contribution in [3.05, 3.63) is 35.4 Å². The van der Waals surface area contributed by atoms with Gasteiger partial charge in [-0.1, -0.05) is 19.9 Å². The van der Waals surface area contributed by atoms with Crippen LogP contribution >= 0.6 is 0 Å². The topological polar surface area (TPSA) is 69.7 Å². The van der Waals surface area contributed by atoms with Crippen LogP contribution in [0, 0.1) is 23.5 Å². The van der Waals surface area contributed by atoms with Crippen LogP contribution < -0.4 is 5.32 Å². The highest BCUT2D eigenvalue weighted by atomic mass is 19.2. The highest BCUT2D eigenvalue weighted by Gasteiger charge is 2.50. The Morgan fingerprint density at radius 3 is 2.41 bits per heavy atom. The summed E-state index contributed by atoms with van der Waals surface area (Å²) in [7, 11) is 0. The molecule has 2 aliphatic rings. The monoisotopic (exact) mass is 379 g/mol. The summed E-state index contributed by atoms with van der Waals surface area (Å²) in [6.45, 7) is 6.34. The van der Waals surface area contributed by atoms with Crippen molar-refractivity contribution in [2.45, 2.75) is 32.7 Å². The van der Waals surface area contributed by atoms with Crippen LogP contribution in [0.2, 0.25) is 0 Å². The van der Waals surface area contributed by atoms with Crippen molar-refractivity contribution in [1.29, 1.82) is 0 Å². The van der Waals surface area contributed by atoms with Crippen LogP contribution in [0.15, 0.2) is 18.2 Å². The highest BCUT2D eigenvalue weighted by Crippen LogP contribution is 2.30. The van der Waals surface area contributed by atoms with E-state index in [2.05, 4.69) is 19.2 Å². The zero-order valence-electron chi connectivity index (χ0n) is 15.6. The van der Waals surface area contributed by atoms with E-state index in [-0.39, 0.29) is 18.0 Å². The van der Waals surface area contributed by atoms with E-state index in [1.165, 1.54) is 13.0 Å². The van der Waals surface area contributed by atoms with E-state index >= 15 is 0 Å². The molecule has 2 heterocycles. The predicted octanol–water partition coefficient (Wildman–Crippen LogP) is 2.24. The zero-order chi connectivity index (χ0) is 19.9. The molecular weight excluding hydrogens is 356 g/mol. The molecule has 8 heteroatoms. The van der Waals surface area contributed by atoms with E-state index in [0.717, 1.165) is 23.5 Å². The molecule has 3 rings (SSSR count). The van der Waals surface area contributed by atoms with Crippen molar-refractivity contribution in [3.63, 3.8) is 0 Å². The number of rotatable bonds is 3. The Morgan fingerprint density at radius 2 is 1.81 bits per heavy atom. The SMILES string of the molecule is CC1CC(C)CN(C(=O)CN2C(=O)NC(C)(c3ccc(F)c(F)c3)C2=O)C1. The second kappa shape index (κ2) is 6.90. The molecule has 0 aromatic heterocycles. The molecule has 1 aromatic rings. The van der Waals surface area contributed by atoms with Gasteiger partial charge in [-0.05, 0) is 42.9 Å². The van der Waals surface area contributed by atoms with Gasteiger partial charge in [0.25, 0.3) is 5.91 Å². The molecule has 1 N–H and O–H groups in total. The van der Waals surface area contributed by atoms with E-state index in [1.807, 2.05) is 0 Å². The van der Waals surface area contributed by atoms with Crippen molar-refractivity contribution >= 4 is 17.8 Å². The average Bonchev–Trinajstić information content (AvgIpc) is 2.80. The van der Waals surface area contributed by atoms with Gasteiger partial charge in [0.05, 0.1) is 0 Å². The van der Waals surface area contributed by atoms with E-state index in [0.29, 0.717) is 24.9 Å². The first-order chi connectivity index (χ1) is 12.6. The molecule has 2 fully saturated rings. The fraction of sp³-hybridized carbons (Fsp3) is 0.526. The molecule has 4 amide bonds. The van der Waals surface area contributed by atoms with Gasteiger partial charge in [-0.15, -0.1) is 0 Å². The van der Waals surface area contributed by atoms with Gasteiger partial charge >= 0.3 is 6.03 Å². The second-order valence-electron chi connectivity index (χ2n) is 7.82. The number of carbonyl (C=O) groups excluding carboxylic acids is 3. The minimum atomic E-state index is -1.55. The van der Waals surface area contributed by atoms with Crippen LogP contribution in [0.1, 0.15) is 32.8 Å². The molecule has 27 heavy (non-hydrogen) atoms. The van der Waals surface area contributed by atoms with Crippen molar-refractivity contribution in [3.8, 4) is 0 Å². The minimum absolute atomic E-state index is 0.120. The van der Waals surface area contributed by atoms with Crippen LogP contribution in [0.3, 0.4) is 0 Å². The number of nitrogens with one attached hydrogen (secondary N) is 1. The quantitative estimate of drug-likeness (QED) is 0.819. The van der Waals surface area contributed by atoms with E-state index in [1.54, 1.807) is 4.90 Å². The Balaban J connectivity index is 1.77. The predicted molar refractivity (Wildman–Crippen MR) is 93.5 cm³/mol. The van der Waals surface area contributed by atoms with Crippen LogP contribution in [-0.4, -0.2) is 47.3 Å². The van der Waals surface area contributed by atoms with Crippen LogP contribution in [0.25, 0.3) is 0 Å². The number of nitrogens with zero attached hydrogens (tertiary/aromatic N) is 2. The summed E-state index contributed by atoms with van der Waals surface area (Å²) in [5.41, 5.74) is -1.43. The molecule has 2 aliphatic heterocycles. The molecule has 146 valence electrons. The molecule has 1 aromatic carbocycles. The van der Waals surface area contributed by atoms with Gasteiger partial charge in [-0.2, -0.15) is 0 Å². The molecule has 0 saturated carbocycles. The van der Waals surface area contributed by atoms with E-state index < -0.39 is 29.1 Å². The van der Waals surface area contributed by atoms with Gasteiger partial charge in [-0.25, -0.2) is 13.6 Å². The normalized spacial score (nSPS) is 28.5. The average molecular weight is 379 g/mol. The van der Waals surface area contributed by atoms with Crippen molar-refractivity contribution in [2.75, 3.05) is 19.6 Å². The lowest BCUT2D eigenvalue weighted by molar-refractivity contribution is -0.140. The Kier molecular flexibility index (Phi) is 4.92. The second-order valence-corrected chi connectivity index (χ2v) is 7.82. The maximum Gasteiger partial charge on any atom is 0.325 e. The van der Waals surface area contributed by atoms with E-state index in [9.17, 15) is 23.2 Å². The Bertz CT molecular complexity index is 790. The van der Waals surface area contributed by atoms with Crippen molar-refractivity contribution in [1.82, 2.24) is 15.1 Å². The summed E-state index contributed by atoms with van der Waals surface area (Å²) >= 11 is 0. The number of urea groups is 1. The van der Waals surface area contributed by atoms with Crippen LogP contribution in [0.5, 0.6) is 0 Å². The lowest BCUT2D eigenvalue weighted by Crippen LogP contribution is -2.48. The molecule has 0 bridgehead atoms. The summed E-state index contributed by atoms with van der Waals surface area (Å²) in [5.74, 6) is -2.40. The minimum Gasteiger partial charge on any atom is -0.341 e. The van der Waals surface area contributed by atoms with Gasteiger partial charge in [-0.3, -0.25) is 14.5 Å². The lowest BCUT2D eigenvalue weighted by Gasteiger charge is -2.35. The fourth-order valence-electron chi connectivity index (χ4n) is 3.95. The summed E-state index contributed by atoms with van der Waals surface area (Å²) in [6.07, 6.45) is 1.03. The Hall–Kier alpha value is -2.51. The van der Waals surface area contributed by atoms with E-state index in [4.69, 9.17) is 0 Å². The van der Waals surface area contributed by atoms with Crippen molar-refractivity contribution < 1.29 is 23.2 Å². The summed E-state index contributed by atoms with van der Waals surface area (Å²) < 4.78 is 26.8. The third-order valence-corrected chi connectivity index (χ3v) is 5.29. The number of carbonyl (C=O) groups is 3. The number of hydrogen-bond donors (Lipinski definition) is 1. The number of hydrogen-bond acceptors (Lipinski definition) is 3. The first-order valence-corrected chi connectivity index (χ1v) is 8.99. The van der Waals surface area contributed by atoms with Crippen LogP contribution in [0.4, 0.5) is 13.6 Å². The van der Waals surface area contributed by atoms with Crippen molar-refractivity contribution in [2.24, 2.45) is 11.8 Å². The highest BCUT2D eigenvalue weighted by molar-refractivity contribution is 6.09. The molecule has 3 atom stereocenters. The Morgan fingerprint density at radius 1 is 1.19 bits per heavy atom. The first kappa shape index (κ1) is 19.3. The summed E-state index contributed by atoms with van der Waals surface area (Å²) in [4.78, 5) is 40.3. The molecule has 6 nitrogen and oxygen atoms in total. The van der Waals surface area contributed by atoms with Gasteiger partial charge < -0.3 is 10.2 Å². The molecule has 3 unspecified atom stereocenters. The summed E-state index contributed by atoms with van der Waals surface area (Å²) in [6, 6.07) is 2.31. The van der Waals surface area contributed by atoms with Gasteiger partial charge in [0, 0.05) is 13.1 Å². The largest absolute Gasteiger partial charge is 0.341 e. The number of piperidine rings is 1. The number of likely N-dealkylation sites (tertiary alicyclic amines) is 1. The third-order valence-electron chi connectivity index (χ3n) is 5.29. The maximum absolute atomic E-state index is 13.6. The number of halogens is 2. The standard InChI is InChI=1S/C19H23F2N3O3/c1-11-6-12(2)9-23(8-11)16(25)10-24-17(26)19(3,22-18(24)27)13-4-5-14(20)15(21)7-13/h4-5,7,11-12H,6,8-10H2,1-3H3,(H,22,27). The lowest BCUT2D eigenvalue weighted by atomic mass is 9.91. The number of imide groups is 1. The van der Waals surface area contributed by atoms with Gasteiger partial charge in [0.15, 0.2) is 11.6 Å². The van der Waals surface area contributed by atoms with Gasteiger partial charge in [0.2, 0.25) is 5.91 Å². The summed E-state index contributed by atoms with van der Waals surface area (Å²) in [5, 5.41) is 2.50. The van der Waals surface area contributed by atoms with Crippen LogP contribution in [-0.2, 0) is 15.1 Å². The number of benzene rings is 1. The third kappa shape index (κ3) is 3.52. The molecule has 0 spiro atoms. The fourth-order valence-corrected chi connectivity index (χ4v) is 3.95.